The van der Waals surface area contributed by atoms with E-state index in [-0.39, 0.29) is 0 Å². The molecule has 26 heavy (non-hydrogen) atoms. The Morgan fingerprint density at radius 3 is 2.46 bits per heavy atom. The van der Waals surface area contributed by atoms with Gasteiger partial charge in [0.25, 0.3) is 0 Å². The van der Waals surface area contributed by atoms with Crippen LogP contribution in [-0.4, -0.2) is 48.1 Å². The lowest BCUT2D eigenvalue weighted by Crippen LogP contribution is -2.44. The first-order valence-corrected chi connectivity index (χ1v) is 10.7. The third-order valence-electron chi connectivity index (χ3n) is 4.83. The Bertz CT molecular complexity index is 933. The van der Waals surface area contributed by atoms with E-state index < -0.39 is 0 Å². The molecule has 0 amide bonds. The molecule has 0 N–H and O–H groups in total. The molecule has 1 aromatic carbocycles. The molecule has 0 spiro atoms. The smallest absolute Gasteiger partial charge is 0.225 e. The first kappa shape index (κ1) is 18.2. The van der Waals surface area contributed by atoms with Gasteiger partial charge in [0.1, 0.15) is 10.6 Å². The molecule has 4 rings (SSSR count). The summed E-state index contributed by atoms with van der Waals surface area (Å²) >= 11 is 11.5. The normalized spacial score (nSPS) is 15.8. The number of halogens is 2. The Hall–Kier alpha value is -1.21. The molecule has 136 valence electrons. The predicted octanol–water partition coefficient (Wildman–Crippen LogP) is 5.09. The molecular formula is C19H20BrClN4S. The van der Waals surface area contributed by atoms with Crippen molar-refractivity contribution in [3.05, 3.63) is 38.9 Å². The van der Waals surface area contributed by atoms with Crippen molar-refractivity contribution in [3.8, 4) is 11.1 Å². The van der Waals surface area contributed by atoms with Crippen molar-refractivity contribution in [2.45, 2.75) is 13.3 Å². The van der Waals surface area contributed by atoms with Gasteiger partial charge in [-0.25, -0.2) is 4.98 Å². The summed E-state index contributed by atoms with van der Waals surface area (Å²) in [6.07, 6.45) is 0.965. The number of fused-ring (bicyclic) bond motifs is 1. The zero-order valence-corrected chi connectivity index (χ0v) is 18.0. The molecule has 4 nitrogen and oxygen atoms in total. The van der Waals surface area contributed by atoms with Crippen LogP contribution < -0.4 is 4.90 Å². The number of hydrogen-bond donors (Lipinski definition) is 0. The number of thiophene rings is 1. The van der Waals surface area contributed by atoms with Crippen LogP contribution in [0.3, 0.4) is 0 Å². The second-order valence-corrected chi connectivity index (χ2v) is 8.88. The van der Waals surface area contributed by atoms with E-state index in [4.69, 9.17) is 11.6 Å². The first-order valence-electron chi connectivity index (χ1n) is 8.75. The molecular weight excluding hydrogens is 432 g/mol. The minimum atomic E-state index is 0.331. The topological polar surface area (TPSA) is 32.3 Å². The molecule has 1 saturated heterocycles. The zero-order valence-electron chi connectivity index (χ0n) is 14.8. The van der Waals surface area contributed by atoms with Gasteiger partial charge in [-0.1, -0.05) is 35.0 Å². The molecule has 2 aromatic heterocycles. The van der Waals surface area contributed by atoms with Crippen molar-refractivity contribution in [1.29, 1.82) is 0 Å². The third-order valence-corrected chi connectivity index (χ3v) is 6.76. The number of piperazine rings is 1. The summed E-state index contributed by atoms with van der Waals surface area (Å²) in [7, 11) is 2.16. The molecule has 3 heterocycles. The van der Waals surface area contributed by atoms with Gasteiger partial charge in [0.15, 0.2) is 0 Å². The van der Waals surface area contributed by atoms with E-state index in [1.165, 1.54) is 16.0 Å². The molecule has 0 saturated carbocycles. The van der Waals surface area contributed by atoms with Gasteiger partial charge in [-0.05, 0) is 42.8 Å². The fraction of sp³-hybridized carbons (Fsp3) is 0.368. The van der Waals surface area contributed by atoms with E-state index in [2.05, 4.69) is 73.9 Å². The predicted molar refractivity (Wildman–Crippen MR) is 115 cm³/mol. The third kappa shape index (κ3) is 3.36. The van der Waals surface area contributed by atoms with Gasteiger partial charge >= 0.3 is 0 Å². The highest BCUT2D eigenvalue weighted by Crippen LogP contribution is 2.43. The quantitative estimate of drug-likeness (QED) is 0.519. The van der Waals surface area contributed by atoms with Gasteiger partial charge in [-0.3, -0.25) is 0 Å². The van der Waals surface area contributed by atoms with Crippen LogP contribution in [-0.2, 0) is 6.42 Å². The van der Waals surface area contributed by atoms with Crippen LogP contribution in [0.4, 0.5) is 5.82 Å². The summed E-state index contributed by atoms with van der Waals surface area (Å²) in [5.41, 5.74) is 2.46. The van der Waals surface area contributed by atoms with Crippen molar-refractivity contribution in [1.82, 2.24) is 14.9 Å². The lowest BCUT2D eigenvalue weighted by Gasteiger charge is -2.33. The van der Waals surface area contributed by atoms with E-state index in [9.17, 15) is 0 Å². The van der Waals surface area contributed by atoms with E-state index in [0.29, 0.717) is 5.28 Å². The number of hydrogen-bond acceptors (Lipinski definition) is 5. The van der Waals surface area contributed by atoms with Crippen LogP contribution >= 0.6 is 38.9 Å². The summed E-state index contributed by atoms with van der Waals surface area (Å²) in [6.45, 7) is 6.16. The highest BCUT2D eigenvalue weighted by molar-refractivity contribution is 9.10. The number of anilines is 1. The monoisotopic (exact) mass is 450 g/mol. The number of rotatable bonds is 3. The molecule has 3 aromatic rings. The molecule has 0 atom stereocenters. The number of likely N-dealkylation sites (N-methyl/N-ethyl adjacent to an activating group) is 1. The number of nitrogens with zero attached hydrogens (tertiary/aromatic N) is 4. The van der Waals surface area contributed by atoms with Gasteiger partial charge in [-0.2, -0.15) is 4.98 Å². The molecule has 1 aliphatic heterocycles. The maximum atomic E-state index is 6.28. The van der Waals surface area contributed by atoms with E-state index in [0.717, 1.165) is 53.1 Å². The Balaban J connectivity index is 1.94. The maximum absolute atomic E-state index is 6.28. The van der Waals surface area contributed by atoms with Crippen LogP contribution in [0.2, 0.25) is 5.28 Å². The molecule has 7 heteroatoms. The van der Waals surface area contributed by atoms with Crippen LogP contribution in [0.25, 0.3) is 21.3 Å². The zero-order chi connectivity index (χ0) is 18.3. The van der Waals surface area contributed by atoms with Crippen molar-refractivity contribution < 1.29 is 0 Å². The summed E-state index contributed by atoms with van der Waals surface area (Å²) < 4.78 is 1.08. The molecule has 0 unspecified atom stereocenters. The van der Waals surface area contributed by atoms with Crippen molar-refractivity contribution in [3.63, 3.8) is 0 Å². The number of aryl methyl sites for hydroxylation is 1. The highest BCUT2D eigenvalue weighted by Gasteiger charge is 2.24. The van der Waals surface area contributed by atoms with E-state index in [1.54, 1.807) is 11.3 Å². The Kier molecular flexibility index (Phi) is 5.19. The van der Waals surface area contributed by atoms with Gasteiger partial charge in [-0.15, -0.1) is 11.3 Å². The average molecular weight is 452 g/mol. The first-order chi connectivity index (χ1) is 12.6. The van der Waals surface area contributed by atoms with Gasteiger partial charge in [0.2, 0.25) is 5.28 Å². The Labute approximate surface area is 170 Å². The largest absolute Gasteiger partial charge is 0.353 e. The SMILES string of the molecule is CCc1sc2nc(Cl)nc(N3CCN(C)CC3)c2c1-c1ccc(Br)cc1. The van der Waals surface area contributed by atoms with Crippen LogP contribution in [0.1, 0.15) is 11.8 Å². The fourth-order valence-electron chi connectivity index (χ4n) is 3.42. The molecule has 1 fully saturated rings. The van der Waals surface area contributed by atoms with Gasteiger partial charge < -0.3 is 9.80 Å². The number of aromatic nitrogens is 2. The minimum Gasteiger partial charge on any atom is -0.353 e. The molecule has 0 bridgehead atoms. The molecule has 0 radical (unpaired) electrons. The lowest BCUT2D eigenvalue weighted by atomic mass is 10.0. The van der Waals surface area contributed by atoms with E-state index in [1.807, 2.05) is 0 Å². The summed E-state index contributed by atoms with van der Waals surface area (Å²) in [5.74, 6) is 0.974. The molecule has 1 aliphatic rings. The Morgan fingerprint density at radius 1 is 1.12 bits per heavy atom. The van der Waals surface area contributed by atoms with Crippen LogP contribution in [0, 0.1) is 0 Å². The van der Waals surface area contributed by atoms with Gasteiger partial charge in [0, 0.05) is 41.1 Å². The second kappa shape index (κ2) is 7.43. The summed E-state index contributed by atoms with van der Waals surface area (Å²) in [5, 5.41) is 1.47. The molecule has 0 aliphatic carbocycles. The second-order valence-electron chi connectivity index (χ2n) is 6.55. The van der Waals surface area contributed by atoms with Crippen molar-refractivity contribution in [2.24, 2.45) is 0 Å². The van der Waals surface area contributed by atoms with Gasteiger partial charge in [0.05, 0.1) is 5.39 Å². The fourth-order valence-corrected chi connectivity index (χ4v) is 5.03. The number of benzene rings is 1. The van der Waals surface area contributed by atoms with Crippen LogP contribution in [0.5, 0.6) is 0 Å². The highest BCUT2D eigenvalue weighted by atomic mass is 79.9. The average Bonchev–Trinajstić information content (AvgIpc) is 3.00. The van der Waals surface area contributed by atoms with E-state index >= 15 is 0 Å². The lowest BCUT2D eigenvalue weighted by molar-refractivity contribution is 0.312. The summed E-state index contributed by atoms with van der Waals surface area (Å²) in [6, 6.07) is 8.50. The van der Waals surface area contributed by atoms with Crippen molar-refractivity contribution >= 4 is 54.9 Å². The van der Waals surface area contributed by atoms with Crippen molar-refractivity contribution in [2.75, 3.05) is 38.1 Å². The summed E-state index contributed by atoms with van der Waals surface area (Å²) in [4.78, 5) is 16.2. The standard InChI is InChI=1S/C19H20BrClN4S/c1-3-14-15(12-4-6-13(20)7-5-12)16-17(22-19(21)23-18(16)26-14)25-10-8-24(2)9-11-25/h4-7H,3,8-11H2,1-2H3. The Morgan fingerprint density at radius 2 is 1.81 bits per heavy atom. The van der Waals surface area contributed by atoms with Crippen LogP contribution in [0.15, 0.2) is 28.7 Å². The minimum absolute atomic E-state index is 0.331. The maximum Gasteiger partial charge on any atom is 0.225 e.